The number of hydrogen-bond donors (Lipinski definition) is 1. The molecular formula is C21H28N2O4S. The Balaban J connectivity index is 2.07. The van der Waals surface area contributed by atoms with Crippen molar-refractivity contribution in [3.63, 3.8) is 0 Å². The van der Waals surface area contributed by atoms with Crippen molar-refractivity contribution in [1.29, 1.82) is 0 Å². The summed E-state index contributed by atoms with van der Waals surface area (Å²) in [7, 11) is -3.59. The Morgan fingerprint density at radius 2 is 1.75 bits per heavy atom. The molecule has 0 radical (unpaired) electrons. The summed E-state index contributed by atoms with van der Waals surface area (Å²) in [4.78, 5) is 14.4. The van der Waals surface area contributed by atoms with Crippen LogP contribution in [-0.4, -0.2) is 31.6 Å². The van der Waals surface area contributed by atoms with Gasteiger partial charge in [-0.2, -0.15) is 8.42 Å². The van der Waals surface area contributed by atoms with E-state index in [-0.39, 0.29) is 17.5 Å². The van der Waals surface area contributed by atoms with Gasteiger partial charge >= 0.3 is 16.1 Å². The highest BCUT2D eigenvalue weighted by Gasteiger charge is 2.16. The first-order valence-corrected chi connectivity index (χ1v) is 10.9. The summed E-state index contributed by atoms with van der Waals surface area (Å²) < 4.78 is 28.4. The lowest BCUT2D eigenvalue weighted by Crippen LogP contribution is -2.41. The molecule has 0 aliphatic heterocycles. The second-order valence-electron chi connectivity index (χ2n) is 7.00. The minimum atomic E-state index is -3.59. The molecule has 2 rings (SSSR count). The van der Waals surface area contributed by atoms with E-state index in [0.29, 0.717) is 25.6 Å². The van der Waals surface area contributed by atoms with Gasteiger partial charge in [-0.15, -0.1) is 0 Å². The summed E-state index contributed by atoms with van der Waals surface area (Å²) in [5.41, 5.74) is 1.83. The fourth-order valence-electron chi connectivity index (χ4n) is 2.67. The first kappa shape index (κ1) is 21.8. The van der Waals surface area contributed by atoms with E-state index in [0.717, 1.165) is 11.1 Å². The fourth-order valence-corrected chi connectivity index (χ4v) is 3.18. The Morgan fingerprint density at radius 3 is 2.39 bits per heavy atom. The number of nitrogens with one attached hydrogen (secondary N) is 1. The third-order valence-electron chi connectivity index (χ3n) is 4.01. The summed E-state index contributed by atoms with van der Waals surface area (Å²) in [5, 5.41) is 2.95. The smallest absolute Gasteiger partial charge is 0.317 e. The number of carbonyl (C=O) groups excluding carboxylic acids is 1. The van der Waals surface area contributed by atoms with Crippen LogP contribution in [0, 0.1) is 5.92 Å². The van der Waals surface area contributed by atoms with Gasteiger partial charge in [0.05, 0.1) is 5.75 Å². The molecule has 0 fully saturated rings. The quantitative estimate of drug-likeness (QED) is 0.645. The van der Waals surface area contributed by atoms with Gasteiger partial charge in [-0.05, 0) is 36.1 Å². The second-order valence-corrected chi connectivity index (χ2v) is 8.86. The van der Waals surface area contributed by atoms with Crippen molar-refractivity contribution in [1.82, 2.24) is 10.2 Å². The number of amides is 2. The van der Waals surface area contributed by atoms with E-state index in [1.165, 1.54) is 6.92 Å². The molecule has 6 nitrogen and oxygen atoms in total. The first-order valence-electron chi connectivity index (χ1n) is 9.37. The Morgan fingerprint density at radius 1 is 1.07 bits per heavy atom. The minimum absolute atomic E-state index is 0.0986. The molecular weight excluding hydrogens is 376 g/mol. The maximum absolute atomic E-state index is 12.7. The van der Waals surface area contributed by atoms with Crippen LogP contribution in [0.2, 0.25) is 0 Å². The third-order valence-corrected chi connectivity index (χ3v) is 5.16. The molecule has 7 heteroatoms. The van der Waals surface area contributed by atoms with E-state index in [1.807, 2.05) is 50.2 Å². The highest BCUT2D eigenvalue weighted by atomic mass is 32.2. The van der Waals surface area contributed by atoms with E-state index in [1.54, 1.807) is 23.1 Å². The van der Waals surface area contributed by atoms with Crippen molar-refractivity contribution < 1.29 is 17.4 Å². The molecule has 0 heterocycles. The van der Waals surface area contributed by atoms with Crippen LogP contribution < -0.4 is 9.50 Å². The Bertz CT molecular complexity index is 867. The normalized spacial score (nSPS) is 11.3. The number of hydrogen-bond acceptors (Lipinski definition) is 4. The average molecular weight is 405 g/mol. The molecule has 0 aromatic heterocycles. The standard InChI is InChI=1S/C21H28N2O4S/c1-4-28(25,26)27-20-12-8-11-19(13-20)16-23(15-17(2)3)21(24)22-14-18-9-6-5-7-10-18/h5-13,17H,4,14-16H2,1-3H3,(H,22,24). The molecule has 2 amide bonds. The van der Waals surface area contributed by atoms with Crippen LogP contribution in [0.3, 0.4) is 0 Å². The summed E-state index contributed by atoms with van der Waals surface area (Å²) >= 11 is 0. The molecule has 0 spiro atoms. The predicted molar refractivity (Wildman–Crippen MR) is 110 cm³/mol. The van der Waals surface area contributed by atoms with Crippen molar-refractivity contribution in [3.8, 4) is 5.75 Å². The first-order chi connectivity index (χ1) is 13.3. The molecule has 2 aromatic carbocycles. The molecule has 0 atom stereocenters. The van der Waals surface area contributed by atoms with E-state index < -0.39 is 10.1 Å². The zero-order valence-electron chi connectivity index (χ0n) is 16.6. The summed E-state index contributed by atoms with van der Waals surface area (Å²) in [5.74, 6) is 0.453. The molecule has 2 aromatic rings. The number of benzene rings is 2. The van der Waals surface area contributed by atoms with Crippen molar-refractivity contribution in [2.45, 2.75) is 33.9 Å². The van der Waals surface area contributed by atoms with Crippen LogP contribution in [0.25, 0.3) is 0 Å². The van der Waals surface area contributed by atoms with Gasteiger partial charge in [0.1, 0.15) is 5.75 Å². The van der Waals surface area contributed by atoms with Gasteiger partial charge < -0.3 is 14.4 Å². The zero-order chi connectivity index (χ0) is 20.6. The number of nitrogens with zero attached hydrogens (tertiary/aromatic N) is 1. The molecule has 0 aliphatic rings. The summed E-state index contributed by atoms with van der Waals surface area (Å²) in [6.45, 7) is 7.02. The van der Waals surface area contributed by atoms with Crippen molar-refractivity contribution >= 4 is 16.1 Å². The lowest BCUT2D eigenvalue weighted by molar-refractivity contribution is 0.187. The maximum atomic E-state index is 12.7. The molecule has 1 N–H and O–H groups in total. The van der Waals surface area contributed by atoms with Crippen LogP contribution in [0.4, 0.5) is 4.79 Å². The van der Waals surface area contributed by atoms with Gasteiger partial charge in [0.15, 0.2) is 0 Å². The fraction of sp³-hybridized carbons (Fsp3) is 0.381. The van der Waals surface area contributed by atoms with E-state index in [2.05, 4.69) is 5.32 Å². The molecule has 28 heavy (non-hydrogen) atoms. The van der Waals surface area contributed by atoms with Crippen molar-refractivity contribution in [2.75, 3.05) is 12.3 Å². The van der Waals surface area contributed by atoms with E-state index >= 15 is 0 Å². The molecule has 0 bridgehead atoms. The third kappa shape index (κ3) is 7.23. The molecule has 0 unspecified atom stereocenters. The van der Waals surface area contributed by atoms with Gasteiger partial charge in [-0.3, -0.25) is 0 Å². The molecule has 0 saturated heterocycles. The van der Waals surface area contributed by atoms with E-state index in [9.17, 15) is 13.2 Å². The Labute approximate surface area is 167 Å². The number of carbonyl (C=O) groups is 1. The highest BCUT2D eigenvalue weighted by Crippen LogP contribution is 2.18. The molecule has 0 aliphatic carbocycles. The van der Waals surface area contributed by atoms with Gasteiger partial charge in [-0.1, -0.05) is 56.3 Å². The van der Waals surface area contributed by atoms with Crippen LogP contribution in [0.15, 0.2) is 54.6 Å². The number of rotatable bonds is 9. The Hall–Kier alpha value is -2.54. The SMILES string of the molecule is CCS(=O)(=O)Oc1cccc(CN(CC(C)C)C(=O)NCc2ccccc2)c1. The second kappa shape index (κ2) is 10.1. The van der Waals surface area contributed by atoms with Gasteiger partial charge in [-0.25, -0.2) is 4.79 Å². The van der Waals surface area contributed by atoms with Gasteiger partial charge in [0.25, 0.3) is 0 Å². The lowest BCUT2D eigenvalue weighted by Gasteiger charge is -2.25. The van der Waals surface area contributed by atoms with Gasteiger partial charge in [0.2, 0.25) is 0 Å². The predicted octanol–water partition coefficient (Wildman–Crippen LogP) is 3.78. The minimum Gasteiger partial charge on any atom is -0.382 e. The Kier molecular flexibility index (Phi) is 7.87. The average Bonchev–Trinajstić information content (AvgIpc) is 2.66. The summed E-state index contributed by atoms with van der Waals surface area (Å²) in [6, 6.07) is 16.4. The van der Waals surface area contributed by atoms with E-state index in [4.69, 9.17) is 4.18 Å². The monoisotopic (exact) mass is 404 g/mol. The van der Waals surface area contributed by atoms with Crippen LogP contribution in [0.5, 0.6) is 5.75 Å². The maximum Gasteiger partial charge on any atom is 0.317 e. The number of urea groups is 1. The topological polar surface area (TPSA) is 75.7 Å². The van der Waals surface area contributed by atoms with Crippen LogP contribution in [-0.2, 0) is 23.2 Å². The zero-order valence-corrected chi connectivity index (χ0v) is 17.4. The molecule has 0 saturated carbocycles. The lowest BCUT2D eigenvalue weighted by atomic mass is 10.1. The summed E-state index contributed by atoms with van der Waals surface area (Å²) in [6.07, 6.45) is 0. The van der Waals surface area contributed by atoms with Crippen molar-refractivity contribution in [3.05, 3.63) is 65.7 Å². The molecule has 152 valence electrons. The van der Waals surface area contributed by atoms with Gasteiger partial charge in [0, 0.05) is 19.6 Å². The largest absolute Gasteiger partial charge is 0.382 e. The van der Waals surface area contributed by atoms with Crippen LogP contribution in [0.1, 0.15) is 31.9 Å². The van der Waals surface area contributed by atoms with Crippen molar-refractivity contribution in [2.24, 2.45) is 5.92 Å². The van der Waals surface area contributed by atoms with Crippen LogP contribution >= 0.6 is 0 Å². The highest BCUT2D eigenvalue weighted by molar-refractivity contribution is 7.87.